The molecule has 0 spiro atoms. The van der Waals surface area contributed by atoms with Crippen LogP contribution in [0.25, 0.3) is 0 Å². The van der Waals surface area contributed by atoms with Gasteiger partial charge in [-0.05, 0) is 75.2 Å². The van der Waals surface area contributed by atoms with Crippen LogP contribution in [0, 0.1) is 29.1 Å². The highest BCUT2D eigenvalue weighted by Gasteiger charge is 2.47. The Morgan fingerprint density at radius 3 is 2.00 bits per heavy atom. The molecule has 2 amide bonds. The Hall–Kier alpha value is -0.810. The fourth-order valence-electron chi connectivity index (χ4n) is 6.90. The van der Waals surface area contributed by atoms with E-state index in [-0.39, 0.29) is 24.2 Å². The predicted octanol–water partition coefficient (Wildman–Crippen LogP) is 2.39. The van der Waals surface area contributed by atoms with Crippen molar-refractivity contribution in [2.24, 2.45) is 29.1 Å². The van der Waals surface area contributed by atoms with Gasteiger partial charge in [0.1, 0.15) is 0 Å². The molecule has 5 aliphatic rings. The van der Waals surface area contributed by atoms with Crippen molar-refractivity contribution in [3.05, 3.63) is 0 Å². The Morgan fingerprint density at radius 1 is 0.889 bits per heavy atom. The summed E-state index contributed by atoms with van der Waals surface area (Å²) in [6.07, 6.45) is 11.2. The van der Waals surface area contributed by atoms with Crippen LogP contribution in [-0.4, -0.2) is 37.0 Å². The first-order chi connectivity index (χ1) is 12.6. The van der Waals surface area contributed by atoms with Gasteiger partial charge in [0, 0.05) is 25.0 Å². The summed E-state index contributed by atoms with van der Waals surface area (Å²) < 4.78 is 0. The van der Waals surface area contributed by atoms with Gasteiger partial charge < -0.3 is 16.0 Å². The largest absolute Gasteiger partial charge is 0.353 e. The lowest BCUT2D eigenvalue weighted by molar-refractivity contribution is -0.136. The van der Waals surface area contributed by atoms with Gasteiger partial charge in [-0.15, -0.1) is 12.4 Å². The van der Waals surface area contributed by atoms with Gasteiger partial charge in [-0.25, -0.2) is 0 Å². The van der Waals surface area contributed by atoms with E-state index >= 15 is 0 Å². The van der Waals surface area contributed by atoms with Crippen LogP contribution in [-0.2, 0) is 9.59 Å². The second-order valence-corrected chi connectivity index (χ2v) is 9.99. The van der Waals surface area contributed by atoms with Crippen LogP contribution in [0.3, 0.4) is 0 Å². The lowest BCUT2D eigenvalue weighted by atomic mass is 9.81. The van der Waals surface area contributed by atoms with Crippen LogP contribution in [0.2, 0.25) is 0 Å². The number of hydrogen-bond acceptors (Lipinski definition) is 3. The summed E-state index contributed by atoms with van der Waals surface area (Å²) in [5.74, 6) is 3.23. The third-order valence-electron chi connectivity index (χ3n) is 8.36. The SMILES string of the molecule is Cl.O=C(CC1(C(=O)NC2CC3CCC2C3)CCNC1)NC1CC2CCC1C2. The molecule has 3 N–H and O–H groups in total. The first-order valence-corrected chi connectivity index (χ1v) is 10.9. The molecular formula is C21H34ClN3O2. The molecule has 1 heterocycles. The number of halogens is 1. The number of carbonyl (C=O) groups is 2. The average Bonchev–Trinajstić information content (AvgIpc) is 3.41. The molecule has 1 aliphatic heterocycles. The molecule has 152 valence electrons. The van der Waals surface area contributed by atoms with Crippen LogP contribution in [0.1, 0.15) is 64.2 Å². The summed E-state index contributed by atoms with van der Waals surface area (Å²) in [5, 5.41) is 9.99. The second kappa shape index (κ2) is 7.55. The van der Waals surface area contributed by atoms with Gasteiger partial charge in [0.05, 0.1) is 5.41 Å². The van der Waals surface area contributed by atoms with Gasteiger partial charge >= 0.3 is 0 Å². The van der Waals surface area contributed by atoms with Crippen LogP contribution >= 0.6 is 12.4 Å². The maximum Gasteiger partial charge on any atom is 0.228 e. The summed E-state index contributed by atoms with van der Waals surface area (Å²) in [5.41, 5.74) is -0.538. The minimum absolute atomic E-state index is 0. The second-order valence-electron chi connectivity index (χ2n) is 9.99. The Morgan fingerprint density at radius 2 is 1.52 bits per heavy atom. The van der Waals surface area contributed by atoms with E-state index in [2.05, 4.69) is 16.0 Å². The first-order valence-electron chi connectivity index (χ1n) is 10.9. The fraction of sp³-hybridized carbons (Fsp3) is 0.905. The van der Waals surface area contributed by atoms with E-state index in [0.717, 1.165) is 37.6 Å². The molecule has 0 radical (unpaired) electrons. The summed E-state index contributed by atoms with van der Waals surface area (Å²) in [7, 11) is 0. The van der Waals surface area contributed by atoms with E-state index in [0.29, 0.717) is 36.9 Å². The van der Waals surface area contributed by atoms with Crippen molar-refractivity contribution in [3.63, 3.8) is 0 Å². The molecule has 5 fully saturated rings. The van der Waals surface area contributed by atoms with Crippen molar-refractivity contribution in [2.75, 3.05) is 13.1 Å². The van der Waals surface area contributed by atoms with Crippen LogP contribution in [0.4, 0.5) is 0 Å². The molecule has 4 aliphatic carbocycles. The molecule has 0 aromatic rings. The number of carbonyl (C=O) groups excluding carboxylic acids is 2. The number of hydrogen-bond donors (Lipinski definition) is 3. The predicted molar refractivity (Wildman–Crippen MR) is 107 cm³/mol. The third-order valence-corrected chi connectivity index (χ3v) is 8.36. The Kier molecular flexibility index (Phi) is 5.45. The van der Waals surface area contributed by atoms with Crippen molar-refractivity contribution in [2.45, 2.75) is 76.3 Å². The molecule has 5 rings (SSSR count). The first kappa shape index (κ1) is 19.5. The Bertz CT molecular complexity index is 592. The van der Waals surface area contributed by atoms with E-state index in [1.54, 1.807) is 0 Å². The van der Waals surface area contributed by atoms with E-state index in [1.807, 2.05) is 0 Å². The van der Waals surface area contributed by atoms with Crippen LogP contribution in [0.5, 0.6) is 0 Å². The zero-order valence-electron chi connectivity index (χ0n) is 16.2. The maximum absolute atomic E-state index is 13.2. The number of fused-ring (bicyclic) bond motifs is 4. The molecule has 4 bridgehead atoms. The Balaban J connectivity index is 0.00000180. The van der Waals surface area contributed by atoms with E-state index in [4.69, 9.17) is 0 Å². The van der Waals surface area contributed by atoms with E-state index < -0.39 is 5.41 Å². The molecule has 7 atom stereocenters. The van der Waals surface area contributed by atoms with Crippen molar-refractivity contribution < 1.29 is 9.59 Å². The fourth-order valence-corrected chi connectivity index (χ4v) is 6.90. The van der Waals surface area contributed by atoms with Gasteiger partial charge in [0.25, 0.3) is 0 Å². The van der Waals surface area contributed by atoms with Gasteiger partial charge in [-0.3, -0.25) is 9.59 Å². The highest BCUT2D eigenvalue weighted by atomic mass is 35.5. The van der Waals surface area contributed by atoms with Crippen LogP contribution in [0.15, 0.2) is 0 Å². The Labute approximate surface area is 168 Å². The van der Waals surface area contributed by atoms with Crippen molar-refractivity contribution in [1.29, 1.82) is 0 Å². The molecule has 1 saturated heterocycles. The molecule has 0 aromatic heterocycles. The highest BCUT2D eigenvalue weighted by molar-refractivity contribution is 5.90. The number of amides is 2. The van der Waals surface area contributed by atoms with Crippen LogP contribution < -0.4 is 16.0 Å². The summed E-state index contributed by atoms with van der Waals surface area (Å²) in [4.78, 5) is 26.0. The lowest BCUT2D eigenvalue weighted by Crippen LogP contribution is -2.51. The van der Waals surface area contributed by atoms with Gasteiger partial charge in [-0.2, -0.15) is 0 Å². The maximum atomic E-state index is 13.2. The standard InChI is InChI=1S/C21H33N3O2.ClH/c25-19(23-17-9-13-1-3-15(17)7-13)11-21(5-6-22-12-21)20(26)24-18-10-14-2-4-16(18)8-14;/h13-18,22H,1-12H2,(H,23,25)(H,24,26);1H. The topological polar surface area (TPSA) is 70.2 Å². The number of rotatable bonds is 5. The monoisotopic (exact) mass is 395 g/mol. The molecule has 0 aromatic carbocycles. The van der Waals surface area contributed by atoms with E-state index in [1.165, 1.54) is 38.5 Å². The minimum atomic E-state index is -0.538. The molecule has 27 heavy (non-hydrogen) atoms. The summed E-state index contributed by atoms with van der Waals surface area (Å²) >= 11 is 0. The third kappa shape index (κ3) is 3.62. The van der Waals surface area contributed by atoms with Crippen molar-refractivity contribution in [3.8, 4) is 0 Å². The molecule has 4 saturated carbocycles. The summed E-state index contributed by atoms with van der Waals surface area (Å²) in [6, 6.07) is 0.716. The minimum Gasteiger partial charge on any atom is -0.353 e. The lowest BCUT2D eigenvalue weighted by Gasteiger charge is -2.32. The summed E-state index contributed by atoms with van der Waals surface area (Å²) in [6.45, 7) is 1.48. The smallest absolute Gasteiger partial charge is 0.228 e. The van der Waals surface area contributed by atoms with Crippen molar-refractivity contribution in [1.82, 2.24) is 16.0 Å². The normalized spacial score (nSPS) is 44.3. The number of nitrogens with one attached hydrogen (secondary N) is 3. The molecular weight excluding hydrogens is 362 g/mol. The molecule has 5 nitrogen and oxygen atoms in total. The zero-order valence-corrected chi connectivity index (χ0v) is 17.0. The van der Waals surface area contributed by atoms with Gasteiger partial charge in [0.15, 0.2) is 0 Å². The zero-order chi connectivity index (χ0) is 17.7. The average molecular weight is 396 g/mol. The molecule has 6 heteroatoms. The van der Waals surface area contributed by atoms with Crippen molar-refractivity contribution >= 4 is 24.2 Å². The quantitative estimate of drug-likeness (QED) is 0.669. The molecule has 7 unspecified atom stereocenters. The van der Waals surface area contributed by atoms with E-state index in [9.17, 15) is 9.59 Å². The van der Waals surface area contributed by atoms with Gasteiger partial charge in [0.2, 0.25) is 11.8 Å². The highest BCUT2D eigenvalue weighted by Crippen LogP contribution is 2.46. The van der Waals surface area contributed by atoms with Gasteiger partial charge in [-0.1, -0.05) is 12.8 Å².